The topological polar surface area (TPSA) is 155 Å². The van der Waals surface area contributed by atoms with E-state index < -0.39 is 0 Å². The van der Waals surface area contributed by atoms with Crippen LogP contribution in [0.15, 0.2) is 0 Å². The molecule has 0 aliphatic carbocycles. The van der Waals surface area contributed by atoms with Crippen molar-refractivity contribution in [2.24, 2.45) is 0 Å². The summed E-state index contributed by atoms with van der Waals surface area (Å²) in [5, 5.41) is 0. The van der Waals surface area contributed by atoms with Crippen LogP contribution in [-0.2, 0) is 57.1 Å². The molecule has 0 saturated heterocycles. The van der Waals surface area contributed by atoms with Crippen molar-refractivity contribution in [2.75, 3.05) is 205 Å². The van der Waals surface area contributed by atoms with Crippen molar-refractivity contribution >= 4 is 118 Å². The van der Waals surface area contributed by atoms with Crippen molar-refractivity contribution in [3.8, 4) is 0 Å². The summed E-state index contributed by atoms with van der Waals surface area (Å²) >= 11 is 14.5. The molecule has 0 radical (unpaired) electrons. The second kappa shape index (κ2) is 51.3. The summed E-state index contributed by atoms with van der Waals surface area (Å²) in [6, 6.07) is 0. The van der Waals surface area contributed by atoms with Gasteiger partial charge in [-0.2, -0.15) is 0 Å². The molecule has 0 aliphatic rings. The Labute approximate surface area is 527 Å². The molecule has 0 bridgehead atoms. The van der Waals surface area contributed by atoms with Crippen LogP contribution >= 0.6 is 94.1 Å². The predicted octanol–water partition coefficient (Wildman–Crippen LogP) is 10.5. The van der Waals surface area contributed by atoms with Gasteiger partial charge < -0.3 is 57.5 Å². The van der Waals surface area contributed by atoms with Gasteiger partial charge in [0.1, 0.15) is 26.4 Å². The van der Waals surface area contributed by atoms with Crippen LogP contribution in [0.2, 0.25) is 0 Å². The minimum atomic E-state index is -0.235. The number of esters is 4. The summed E-state index contributed by atoms with van der Waals surface area (Å²) in [7, 11) is 4.21. The van der Waals surface area contributed by atoms with Crippen molar-refractivity contribution in [1.29, 1.82) is 0 Å². The summed E-state index contributed by atoms with van der Waals surface area (Å²) < 4.78 is 44.6. The standard InChI is InChI=1S/C57H112N4O12S8/c1-15-66-34-42-74-54(5,6)78-46-38-70-50(62)20-26-60(27-21-51(63)71-39-47-79-55(7,8)75-43-35-67-16-2)32-30-58(13)24-19-25-59(14)31-33-61(28-22-52(64)72-40-48-80-56(9,10)76-44-36-68-17-3)29-23-53(65)73-41-49-81-57(11,12)77-45-37-69-18-4/h15-49H2,1-14H3. The number of carbonyl (C=O) groups excluding carboxylic acids is 4. The van der Waals surface area contributed by atoms with Crippen molar-refractivity contribution in [2.45, 2.75) is 132 Å². The molecule has 0 amide bonds. The van der Waals surface area contributed by atoms with Gasteiger partial charge in [-0.05, 0) is 117 Å². The quantitative estimate of drug-likeness (QED) is 0.0245. The summed E-state index contributed by atoms with van der Waals surface area (Å²) in [6.07, 6.45) is 1.91. The number of thioether (sulfide) groups is 8. The second-order valence-corrected chi connectivity index (χ2v) is 35.5. The van der Waals surface area contributed by atoms with Crippen molar-refractivity contribution in [1.82, 2.24) is 19.6 Å². The molecule has 16 nitrogen and oxygen atoms in total. The highest BCUT2D eigenvalue weighted by Gasteiger charge is 2.23. The number of likely N-dealkylation sites (N-methyl/N-ethyl adjacent to an activating group) is 2. The van der Waals surface area contributed by atoms with E-state index in [9.17, 15) is 19.2 Å². The third-order valence-corrected chi connectivity index (χ3v) is 23.3. The summed E-state index contributed by atoms with van der Waals surface area (Å²) in [5.74, 6) is 5.60. The molecule has 0 aromatic rings. The third kappa shape index (κ3) is 53.1. The second-order valence-electron chi connectivity index (χ2n) is 20.7. The number of hydrogen-bond donors (Lipinski definition) is 0. The lowest BCUT2D eigenvalue weighted by molar-refractivity contribution is -0.145. The third-order valence-electron chi connectivity index (χ3n) is 11.9. The van der Waals surface area contributed by atoms with Gasteiger partial charge in [-0.15, -0.1) is 94.1 Å². The largest absolute Gasteiger partial charge is 0.465 e. The Hall–Kier alpha value is 0.360. The Morgan fingerprint density at radius 3 is 0.728 bits per heavy atom. The van der Waals surface area contributed by atoms with Gasteiger partial charge in [0.15, 0.2) is 0 Å². The molecular weight excluding hydrogens is 1190 g/mol. The molecule has 0 atom stereocenters. The monoisotopic (exact) mass is 1300 g/mol. The average Bonchev–Trinajstić information content (AvgIpc) is 3.41. The molecule has 480 valence electrons. The highest BCUT2D eigenvalue weighted by molar-refractivity contribution is 8.19. The molecule has 0 unspecified atom stereocenters. The lowest BCUT2D eigenvalue weighted by atomic mass is 10.3. The normalized spacial score (nSPS) is 12.6. The molecule has 0 aliphatic heterocycles. The lowest BCUT2D eigenvalue weighted by Crippen LogP contribution is -2.38. The maximum atomic E-state index is 13.0. The fraction of sp³-hybridized carbons (Fsp3) is 0.930. The van der Waals surface area contributed by atoms with Crippen LogP contribution in [0, 0.1) is 0 Å². The van der Waals surface area contributed by atoms with E-state index in [2.05, 4.69) is 89.1 Å². The van der Waals surface area contributed by atoms with E-state index in [1.165, 1.54) is 0 Å². The predicted molar refractivity (Wildman–Crippen MR) is 357 cm³/mol. The van der Waals surface area contributed by atoms with Crippen LogP contribution in [0.4, 0.5) is 0 Å². The van der Waals surface area contributed by atoms with Crippen LogP contribution in [0.25, 0.3) is 0 Å². The van der Waals surface area contributed by atoms with Crippen molar-refractivity contribution in [3.63, 3.8) is 0 Å². The molecule has 0 spiro atoms. The number of carbonyl (C=O) groups is 4. The lowest BCUT2D eigenvalue weighted by Gasteiger charge is -2.27. The summed E-state index contributed by atoms with van der Waals surface area (Å²) in [6.45, 7) is 39.3. The number of hydrogen-bond acceptors (Lipinski definition) is 24. The Morgan fingerprint density at radius 1 is 0.309 bits per heavy atom. The molecule has 24 heteroatoms. The zero-order valence-corrected chi connectivity index (χ0v) is 59.2. The van der Waals surface area contributed by atoms with E-state index in [1.807, 2.05) is 74.7 Å². The smallest absolute Gasteiger partial charge is 0.307 e. The highest BCUT2D eigenvalue weighted by atomic mass is 32.2. The minimum absolute atomic E-state index is 0.00523. The molecule has 0 N–H and O–H groups in total. The Morgan fingerprint density at radius 2 is 0.519 bits per heavy atom. The Bertz CT molecular complexity index is 1380. The maximum Gasteiger partial charge on any atom is 0.307 e. The van der Waals surface area contributed by atoms with Crippen LogP contribution < -0.4 is 0 Å². The molecule has 0 heterocycles. The molecule has 0 fully saturated rings. The maximum absolute atomic E-state index is 13.0. The SMILES string of the molecule is CCOCCSC(C)(C)SCCOC(=O)CCN(CCC(=O)OCCSC(C)(C)SCCOCC)CCN(C)CCCN(C)CCN(CCC(=O)OCCSC(C)(C)SCCOCC)CCC(=O)OCCSC(C)(C)SCCOCC. The first-order valence-electron chi connectivity index (χ1n) is 29.3. The first kappa shape index (κ1) is 81.4. The van der Waals surface area contributed by atoms with Crippen LogP contribution in [-0.4, -0.2) is 265 Å². The van der Waals surface area contributed by atoms with E-state index in [4.69, 9.17) is 37.9 Å². The average molecular weight is 1300 g/mol. The fourth-order valence-electron chi connectivity index (χ4n) is 7.32. The zero-order valence-electron chi connectivity index (χ0n) is 52.7. The van der Waals surface area contributed by atoms with Gasteiger partial charge in [0.05, 0.1) is 68.4 Å². The van der Waals surface area contributed by atoms with Gasteiger partial charge in [0, 0.05) is 125 Å². The van der Waals surface area contributed by atoms with Crippen molar-refractivity contribution < 1.29 is 57.1 Å². The number of nitrogens with zero attached hydrogens (tertiary/aromatic N) is 4. The minimum Gasteiger partial charge on any atom is -0.465 e. The van der Waals surface area contributed by atoms with Crippen molar-refractivity contribution in [3.05, 3.63) is 0 Å². The van der Waals surface area contributed by atoms with Crippen LogP contribution in [0.3, 0.4) is 0 Å². The van der Waals surface area contributed by atoms with E-state index in [0.29, 0.717) is 115 Å². The first-order valence-corrected chi connectivity index (χ1v) is 37.2. The van der Waals surface area contributed by atoms with Crippen LogP contribution in [0.5, 0.6) is 0 Å². The van der Waals surface area contributed by atoms with E-state index in [0.717, 1.165) is 82.0 Å². The highest BCUT2D eigenvalue weighted by Crippen LogP contribution is 2.38. The Balaban J connectivity index is 5.37. The van der Waals surface area contributed by atoms with E-state index in [-0.39, 0.29) is 65.9 Å². The van der Waals surface area contributed by atoms with Gasteiger partial charge in [-0.25, -0.2) is 0 Å². The molecule has 0 rings (SSSR count). The molecule has 0 saturated carbocycles. The number of rotatable bonds is 58. The van der Waals surface area contributed by atoms with Gasteiger partial charge in [0.25, 0.3) is 0 Å². The van der Waals surface area contributed by atoms with Crippen LogP contribution in [0.1, 0.15) is 115 Å². The molecular formula is C57H112N4O12S8. The zero-order chi connectivity index (χ0) is 60.7. The number of ether oxygens (including phenoxy) is 8. The molecule has 81 heavy (non-hydrogen) atoms. The van der Waals surface area contributed by atoms with Gasteiger partial charge in [-0.3, -0.25) is 19.2 Å². The van der Waals surface area contributed by atoms with Gasteiger partial charge in [0.2, 0.25) is 0 Å². The summed E-state index contributed by atoms with van der Waals surface area (Å²) in [5.41, 5.74) is 0. The van der Waals surface area contributed by atoms with Gasteiger partial charge >= 0.3 is 23.9 Å². The van der Waals surface area contributed by atoms with Gasteiger partial charge in [-0.1, -0.05) is 0 Å². The Kier molecular flexibility index (Phi) is 51.5. The fourth-order valence-corrected chi connectivity index (χ4v) is 16.1. The first-order chi connectivity index (χ1) is 38.5. The summed E-state index contributed by atoms with van der Waals surface area (Å²) in [4.78, 5) is 60.8. The molecule has 0 aromatic heterocycles. The molecule has 0 aromatic carbocycles. The van der Waals surface area contributed by atoms with E-state index >= 15 is 0 Å². The van der Waals surface area contributed by atoms with E-state index in [1.54, 1.807) is 47.0 Å².